The maximum Gasteiger partial charge on any atom is 0.253 e. The molecule has 1 aromatic rings. The van der Waals surface area contributed by atoms with E-state index < -0.39 is 0 Å². The molecule has 1 aliphatic rings. The summed E-state index contributed by atoms with van der Waals surface area (Å²) < 4.78 is 0. The lowest BCUT2D eigenvalue weighted by Crippen LogP contribution is -2.19. The van der Waals surface area contributed by atoms with Gasteiger partial charge in [-0.1, -0.05) is 24.3 Å². The zero-order chi connectivity index (χ0) is 11.4. The minimum atomic E-state index is 0.0465. The van der Waals surface area contributed by atoms with Crippen LogP contribution < -0.4 is 5.01 Å². The van der Waals surface area contributed by atoms with Gasteiger partial charge in [-0.15, -0.1) is 6.58 Å². The van der Waals surface area contributed by atoms with Gasteiger partial charge in [0.2, 0.25) is 0 Å². The quantitative estimate of drug-likeness (QED) is 0.709. The molecule has 0 saturated heterocycles. The maximum absolute atomic E-state index is 11.7. The van der Waals surface area contributed by atoms with Gasteiger partial charge < -0.3 is 0 Å². The molecule has 16 heavy (non-hydrogen) atoms. The van der Waals surface area contributed by atoms with Crippen LogP contribution in [0.3, 0.4) is 0 Å². The first-order valence-corrected chi connectivity index (χ1v) is 5.36. The van der Waals surface area contributed by atoms with Gasteiger partial charge in [-0.3, -0.25) is 4.79 Å². The Hall–Kier alpha value is -1.90. The predicted molar refractivity (Wildman–Crippen MR) is 65.4 cm³/mol. The fourth-order valence-electron chi connectivity index (χ4n) is 1.66. The number of para-hydroxylation sites is 1. The third-order valence-corrected chi connectivity index (χ3v) is 2.47. The maximum atomic E-state index is 11.7. The van der Waals surface area contributed by atoms with Gasteiger partial charge in [-0.2, -0.15) is 5.10 Å². The molecule has 82 valence electrons. The minimum Gasteiger partial charge on any atom is -0.272 e. The van der Waals surface area contributed by atoms with Gasteiger partial charge in [0.1, 0.15) is 0 Å². The van der Waals surface area contributed by atoms with E-state index in [2.05, 4.69) is 11.7 Å². The van der Waals surface area contributed by atoms with Gasteiger partial charge in [-0.25, -0.2) is 5.01 Å². The summed E-state index contributed by atoms with van der Waals surface area (Å²) >= 11 is 0. The first-order valence-electron chi connectivity index (χ1n) is 5.36. The highest BCUT2D eigenvalue weighted by Gasteiger charge is 2.24. The molecule has 2 rings (SSSR count). The van der Waals surface area contributed by atoms with Crippen molar-refractivity contribution < 1.29 is 4.79 Å². The van der Waals surface area contributed by atoms with Crippen molar-refractivity contribution in [3.05, 3.63) is 43.0 Å². The molecule has 0 saturated carbocycles. The van der Waals surface area contributed by atoms with E-state index in [-0.39, 0.29) is 5.91 Å². The number of anilines is 1. The molecular weight excluding hydrogens is 200 g/mol. The molecule has 3 nitrogen and oxygen atoms in total. The molecule has 0 N–H and O–H groups in total. The lowest BCUT2D eigenvalue weighted by molar-refractivity contribution is -0.116. The van der Waals surface area contributed by atoms with E-state index >= 15 is 0 Å². The van der Waals surface area contributed by atoms with Gasteiger partial charge in [0, 0.05) is 5.71 Å². The topological polar surface area (TPSA) is 32.7 Å². The zero-order valence-electron chi connectivity index (χ0n) is 9.10. The van der Waals surface area contributed by atoms with Crippen LogP contribution in [0.15, 0.2) is 48.1 Å². The molecular formula is C13H14N2O. The second-order valence-electron chi connectivity index (χ2n) is 3.71. The summed E-state index contributed by atoms with van der Waals surface area (Å²) in [5.41, 5.74) is 1.77. The molecule has 1 heterocycles. The lowest BCUT2D eigenvalue weighted by Gasteiger charge is -2.10. The van der Waals surface area contributed by atoms with Crippen LogP contribution in [-0.2, 0) is 4.79 Å². The van der Waals surface area contributed by atoms with Crippen molar-refractivity contribution >= 4 is 17.3 Å². The van der Waals surface area contributed by atoms with Gasteiger partial charge in [0.25, 0.3) is 5.91 Å². The Morgan fingerprint density at radius 3 is 2.81 bits per heavy atom. The summed E-state index contributed by atoms with van der Waals surface area (Å²) in [4.78, 5) is 11.7. The van der Waals surface area contributed by atoms with Crippen LogP contribution in [0.25, 0.3) is 0 Å². The van der Waals surface area contributed by atoms with Crippen LogP contribution >= 0.6 is 0 Å². The van der Waals surface area contributed by atoms with Gasteiger partial charge >= 0.3 is 0 Å². The Labute approximate surface area is 95.1 Å². The van der Waals surface area contributed by atoms with Crippen LogP contribution in [0.4, 0.5) is 5.69 Å². The van der Waals surface area contributed by atoms with E-state index in [0.29, 0.717) is 6.42 Å². The summed E-state index contributed by atoms with van der Waals surface area (Å²) in [6.07, 6.45) is 3.97. The van der Waals surface area contributed by atoms with Crippen molar-refractivity contribution in [1.82, 2.24) is 0 Å². The van der Waals surface area contributed by atoms with Gasteiger partial charge in [0.15, 0.2) is 0 Å². The van der Waals surface area contributed by atoms with E-state index in [0.717, 1.165) is 24.2 Å². The Bertz CT molecular complexity index is 423. The number of hydrogen-bond acceptors (Lipinski definition) is 2. The summed E-state index contributed by atoms with van der Waals surface area (Å²) in [6.45, 7) is 3.66. The second-order valence-corrected chi connectivity index (χ2v) is 3.71. The van der Waals surface area contributed by atoms with Crippen LogP contribution in [0.5, 0.6) is 0 Å². The van der Waals surface area contributed by atoms with E-state index in [4.69, 9.17) is 0 Å². The van der Waals surface area contributed by atoms with Crippen LogP contribution in [0.1, 0.15) is 19.3 Å². The Morgan fingerprint density at radius 2 is 2.12 bits per heavy atom. The first kappa shape index (κ1) is 10.6. The lowest BCUT2D eigenvalue weighted by atomic mass is 10.1. The molecule has 3 heteroatoms. The number of carbonyl (C=O) groups excluding carboxylic acids is 1. The normalized spacial score (nSPS) is 15.1. The monoisotopic (exact) mass is 214 g/mol. The second kappa shape index (κ2) is 4.75. The number of benzene rings is 1. The average molecular weight is 214 g/mol. The van der Waals surface area contributed by atoms with Crippen molar-refractivity contribution in [3.63, 3.8) is 0 Å². The highest BCUT2D eigenvalue weighted by molar-refractivity contribution is 6.12. The summed E-state index contributed by atoms with van der Waals surface area (Å²) in [6, 6.07) is 9.50. The molecule has 0 bridgehead atoms. The van der Waals surface area contributed by atoms with Crippen LogP contribution in [0, 0.1) is 0 Å². The van der Waals surface area contributed by atoms with E-state index in [1.165, 1.54) is 5.01 Å². The number of allylic oxidation sites excluding steroid dienone is 1. The molecule has 0 fully saturated rings. The largest absolute Gasteiger partial charge is 0.272 e. The fraction of sp³-hybridized carbons (Fsp3) is 0.231. The smallest absolute Gasteiger partial charge is 0.253 e. The van der Waals surface area contributed by atoms with Crippen LogP contribution in [-0.4, -0.2) is 11.6 Å². The standard InChI is InChI=1S/C13H14N2O/c1-2-3-7-11-10-13(16)15(14-11)12-8-5-4-6-9-12/h2,4-6,8-9H,1,3,7,10H2. The molecule has 1 aromatic carbocycles. The molecule has 1 amide bonds. The summed E-state index contributed by atoms with van der Waals surface area (Å²) in [5, 5.41) is 5.81. The summed E-state index contributed by atoms with van der Waals surface area (Å²) in [7, 11) is 0. The SMILES string of the molecule is C=CCCC1=NN(c2ccccc2)C(=O)C1. The van der Waals surface area contributed by atoms with Crippen LogP contribution in [0.2, 0.25) is 0 Å². The third-order valence-electron chi connectivity index (χ3n) is 2.47. The number of hydrazone groups is 1. The number of hydrogen-bond donors (Lipinski definition) is 0. The fourth-order valence-corrected chi connectivity index (χ4v) is 1.66. The van der Waals surface area contributed by atoms with E-state index in [9.17, 15) is 4.79 Å². The molecule has 0 aromatic heterocycles. The van der Waals surface area contributed by atoms with Gasteiger partial charge in [-0.05, 0) is 25.0 Å². The number of rotatable bonds is 4. The average Bonchev–Trinajstić information content (AvgIpc) is 2.69. The highest BCUT2D eigenvalue weighted by Crippen LogP contribution is 2.21. The minimum absolute atomic E-state index is 0.0465. The number of carbonyl (C=O) groups is 1. The highest BCUT2D eigenvalue weighted by atomic mass is 16.2. The third kappa shape index (κ3) is 2.19. The first-order chi connectivity index (χ1) is 7.81. The van der Waals surface area contributed by atoms with E-state index in [1.54, 1.807) is 0 Å². The molecule has 0 aliphatic carbocycles. The van der Waals surface area contributed by atoms with E-state index in [1.807, 2.05) is 36.4 Å². The van der Waals surface area contributed by atoms with Crippen molar-refractivity contribution in [2.45, 2.75) is 19.3 Å². The Morgan fingerprint density at radius 1 is 1.38 bits per heavy atom. The number of nitrogens with zero attached hydrogens (tertiary/aromatic N) is 2. The summed E-state index contributed by atoms with van der Waals surface area (Å²) in [5.74, 6) is 0.0465. The van der Waals surface area contributed by atoms with Crippen molar-refractivity contribution in [2.24, 2.45) is 5.10 Å². The van der Waals surface area contributed by atoms with Crippen molar-refractivity contribution in [2.75, 3.05) is 5.01 Å². The van der Waals surface area contributed by atoms with Gasteiger partial charge in [0.05, 0.1) is 12.1 Å². The molecule has 0 spiro atoms. The van der Waals surface area contributed by atoms with Crippen molar-refractivity contribution in [3.8, 4) is 0 Å². The molecule has 0 unspecified atom stereocenters. The predicted octanol–water partition coefficient (Wildman–Crippen LogP) is 2.75. The Kier molecular flexibility index (Phi) is 3.15. The zero-order valence-corrected chi connectivity index (χ0v) is 9.10. The number of amides is 1. The molecule has 0 atom stereocenters. The van der Waals surface area contributed by atoms with Crippen molar-refractivity contribution in [1.29, 1.82) is 0 Å². The molecule has 0 radical (unpaired) electrons. The Balaban J connectivity index is 2.14. The molecule has 1 aliphatic heterocycles.